The Labute approximate surface area is 70.5 Å². The van der Waals surface area contributed by atoms with Gasteiger partial charge in [0, 0.05) is 6.54 Å². The molecule has 0 aliphatic carbocycles. The van der Waals surface area contributed by atoms with Crippen molar-refractivity contribution in [1.29, 1.82) is 0 Å². The van der Waals surface area contributed by atoms with Gasteiger partial charge in [-0.25, -0.2) is 0 Å². The maximum absolute atomic E-state index is 3.08. The molecule has 1 aromatic carbocycles. The molecule has 1 aromatic rings. The Kier molecular flexibility index (Phi) is 3.55. The fourth-order valence-electron chi connectivity index (χ4n) is 1.08. The maximum atomic E-state index is 3.08. The van der Waals surface area contributed by atoms with E-state index in [2.05, 4.69) is 45.7 Å². The van der Waals surface area contributed by atoms with E-state index >= 15 is 0 Å². The van der Waals surface area contributed by atoms with Crippen LogP contribution < -0.4 is 5.09 Å². The van der Waals surface area contributed by atoms with Crippen LogP contribution in [0.1, 0.15) is 18.4 Å². The predicted molar refractivity (Wildman–Crippen MR) is 52.6 cm³/mol. The highest BCUT2D eigenvalue weighted by Crippen LogP contribution is 2.12. The molecular weight excluding hydrogens is 153 g/mol. The van der Waals surface area contributed by atoms with E-state index in [4.69, 9.17) is 0 Å². The Balaban J connectivity index is 2.61. The molecule has 0 radical (unpaired) electrons. The van der Waals surface area contributed by atoms with Crippen molar-refractivity contribution in [3.8, 4) is 0 Å². The van der Waals surface area contributed by atoms with Crippen LogP contribution in [0.15, 0.2) is 30.3 Å². The number of rotatable bonds is 3. The van der Waals surface area contributed by atoms with Crippen molar-refractivity contribution in [1.82, 2.24) is 5.09 Å². The lowest BCUT2D eigenvalue weighted by Crippen LogP contribution is -2.09. The van der Waals surface area contributed by atoms with Gasteiger partial charge in [-0.05, 0) is 11.5 Å². The van der Waals surface area contributed by atoms with Gasteiger partial charge in [-0.3, -0.25) is 0 Å². The molecular formula is C9H14NP. The van der Waals surface area contributed by atoms with Gasteiger partial charge in [0.25, 0.3) is 0 Å². The molecule has 0 amide bonds. The first-order chi connectivity index (χ1) is 5.34. The second-order valence-corrected chi connectivity index (χ2v) is 3.13. The van der Waals surface area contributed by atoms with Crippen molar-refractivity contribution < 1.29 is 0 Å². The first-order valence-electron chi connectivity index (χ1n) is 3.83. The molecule has 0 spiro atoms. The van der Waals surface area contributed by atoms with E-state index in [9.17, 15) is 0 Å². The second-order valence-electron chi connectivity index (χ2n) is 2.72. The molecule has 2 atom stereocenters. The second kappa shape index (κ2) is 4.48. The van der Waals surface area contributed by atoms with Crippen LogP contribution in [0, 0.1) is 0 Å². The summed E-state index contributed by atoms with van der Waals surface area (Å²) in [7, 11) is 2.52. The Morgan fingerprint density at radius 3 is 2.55 bits per heavy atom. The summed E-state index contributed by atoms with van der Waals surface area (Å²) in [6.07, 6.45) is 0. The van der Waals surface area contributed by atoms with Crippen molar-refractivity contribution in [3.05, 3.63) is 35.9 Å². The maximum Gasteiger partial charge on any atom is 0.00519 e. The van der Waals surface area contributed by atoms with E-state index in [1.807, 2.05) is 6.07 Å². The normalized spacial score (nSPS) is 12.9. The minimum Gasteiger partial charge on any atom is -0.300 e. The zero-order chi connectivity index (χ0) is 8.10. The first kappa shape index (κ1) is 8.70. The minimum atomic E-state index is 0.591. The van der Waals surface area contributed by atoms with Crippen molar-refractivity contribution >= 4 is 9.39 Å². The molecule has 0 fully saturated rings. The van der Waals surface area contributed by atoms with Gasteiger partial charge in [-0.15, -0.1) is 0 Å². The van der Waals surface area contributed by atoms with Crippen LogP contribution in [0.5, 0.6) is 0 Å². The molecule has 0 bridgehead atoms. The van der Waals surface area contributed by atoms with Gasteiger partial charge in [-0.1, -0.05) is 46.6 Å². The highest BCUT2D eigenvalue weighted by molar-refractivity contribution is 7.13. The van der Waals surface area contributed by atoms with Crippen LogP contribution >= 0.6 is 9.39 Å². The van der Waals surface area contributed by atoms with E-state index in [0.29, 0.717) is 5.92 Å². The Bertz CT molecular complexity index is 198. The number of hydrogen-bond acceptors (Lipinski definition) is 1. The molecule has 60 valence electrons. The zero-order valence-corrected chi connectivity index (χ0v) is 7.90. The quantitative estimate of drug-likeness (QED) is 0.680. The molecule has 0 aliphatic heterocycles. The molecule has 0 aliphatic rings. The Morgan fingerprint density at radius 2 is 2.00 bits per heavy atom. The molecule has 1 N–H and O–H groups in total. The first-order valence-corrected chi connectivity index (χ1v) is 4.40. The third-order valence-electron chi connectivity index (χ3n) is 1.79. The third-order valence-corrected chi connectivity index (χ3v) is 2.03. The number of nitrogens with one attached hydrogen (secondary N) is 1. The van der Waals surface area contributed by atoms with Gasteiger partial charge >= 0.3 is 0 Å². The monoisotopic (exact) mass is 167 g/mol. The highest BCUT2D eigenvalue weighted by atomic mass is 31.0. The zero-order valence-electron chi connectivity index (χ0n) is 6.75. The smallest absolute Gasteiger partial charge is 0.00519 e. The van der Waals surface area contributed by atoms with Crippen molar-refractivity contribution in [2.45, 2.75) is 12.8 Å². The van der Waals surface area contributed by atoms with Crippen LogP contribution in [0.3, 0.4) is 0 Å². The summed E-state index contributed by atoms with van der Waals surface area (Å²) in [5.41, 5.74) is 1.39. The third kappa shape index (κ3) is 2.61. The lowest BCUT2D eigenvalue weighted by Gasteiger charge is -2.09. The highest BCUT2D eigenvalue weighted by Gasteiger charge is 2.01. The summed E-state index contributed by atoms with van der Waals surface area (Å²) in [6, 6.07) is 10.5. The summed E-state index contributed by atoms with van der Waals surface area (Å²) in [5, 5.41) is 3.08. The van der Waals surface area contributed by atoms with Crippen LogP contribution in [0.2, 0.25) is 0 Å². The van der Waals surface area contributed by atoms with Crippen LogP contribution in [0.25, 0.3) is 0 Å². The molecule has 1 rings (SSSR count). The largest absolute Gasteiger partial charge is 0.300 e. The lowest BCUT2D eigenvalue weighted by molar-refractivity contribution is 0.742. The molecule has 0 saturated heterocycles. The average molecular weight is 167 g/mol. The van der Waals surface area contributed by atoms with Crippen LogP contribution in [0.4, 0.5) is 0 Å². The van der Waals surface area contributed by atoms with Gasteiger partial charge in [0.1, 0.15) is 0 Å². The standard InChI is InChI=1S/C9H14NP/c1-8(7-10-11)9-5-3-2-4-6-9/h2-6,8,10H,7,11H2,1H3. The van der Waals surface area contributed by atoms with Crippen LogP contribution in [-0.4, -0.2) is 6.54 Å². The summed E-state index contributed by atoms with van der Waals surface area (Å²) in [4.78, 5) is 0. The summed E-state index contributed by atoms with van der Waals surface area (Å²) < 4.78 is 0. The molecule has 0 saturated carbocycles. The van der Waals surface area contributed by atoms with E-state index in [0.717, 1.165) is 6.54 Å². The Hall–Kier alpha value is -0.390. The van der Waals surface area contributed by atoms with E-state index in [-0.39, 0.29) is 0 Å². The lowest BCUT2D eigenvalue weighted by atomic mass is 10.0. The molecule has 2 unspecified atom stereocenters. The average Bonchev–Trinajstić information content (AvgIpc) is 2.07. The summed E-state index contributed by atoms with van der Waals surface area (Å²) in [6.45, 7) is 3.22. The fraction of sp³-hybridized carbons (Fsp3) is 0.333. The van der Waals surface area contributed by atoms with Gasteiger partial charge in [0.15, 0.2) is 0 Å². The van der Waals surface area contributed by atoms with E-state index in [1.165, 1.54) is 5.56 Å². The fourth-order valence-corrected chi connectivity index (χ4v) is 1.43. The van der Waals surface area contributed by atoms with Gasteiger partial charge < -0.3 is 5.09 Å². The molecule has 0 aromatic heterocycles. The van der Waals surface area contributed by atoms with Gasteiger partial charge in [0.2, 0.25) is 0 Å². The SMILES string of the molecule is CC(CNP)c1ccccc1. The number of hydrogen-bond donors (Lipinski definition) is 1. The van der Waals surface area contributed by atoms with Crippen molar-refractivity contribution in [2.24, 2.45) is 0 Å². The summed E-state index contributed by atoms with van der Waals surface area (Å²) >= 11 is 0. The van der Waals surface area contributed by atoms with E-state index < -0.39 is 0 Å². The number of benzene rings is 1. The molecule has 1 nitrogen and oxygen atoms in total. The predicted octanol–water partition coefficient (Wildman–Crippen LogP) is 2.17. The van der Waals surface area contributed by atoms with Gasteiger partial charge in [-0.2, -0.15) is 0 Å². The van der Waals surface area contributed by atoms with Gasteiger partial charge in [0.05, 0.1) is 0 Å². The van der Waals surface area contributed by atoms with E-state index in [1.54, 1.807) is 0 Å². The topological polar surface area (TPSA) is 12.0 Å². The molecule has 2 heteroatoms. The molecule has 0 heterocycles. The van der Waals surface area contributed by atoms with Crippen molar-refractivity contribution in [3.63, 3.8) is 0 Å². The van der Waals surface area contributed by atoms with Crippen molar-refractivity contribution in [2.75, 3.05) is 6.54 Å². The van der Waals surface area contributed by atoms with Crippen LogP contribution in [-0.2, 0) is 0 Å². The summed E-state index contributed by atoms with van der Waals surface area (Å²) in [5.74, 6) is 0.591. The minimum absolute atomic E-state index is 0.591. The Morgan fingerprint density at radius 1 is 1.36 bits per heavy atom. The molecule has 11 heavy (non-hydrogen) atoms.